The SMILES string of the molecule is Cc1ccc(S(=O)(=O)N2C=C(Cc3ccccc3)[C@@H](c3ccc(C(=O)N4CCCC4)cc3)CC2=O)cc1. The Labute approximate surface area is 218 Å². The number of hydrogen-bond donors (Lipinski definition) is 0. The van der Waals surface area contributed by atoms with Gasteiger partial charge in [-0.05, 0) is 67.2 Å². The first-order valence-electron chi connectivity index (χ1n) is 12.6. The van der Waals surface area contributed by atoms with Crippen LogP contribution in [0, 0.1) is 6.92 Å². The van der Waals surface area contributed by atoms with Crippen LogP contribution in [0.4, 0.5) is 0 Å². The van der Waals surface area contributed by atoms with Crippen LogP contribution in [0.25, 0.3) is 0 Å². The maximum atomic E-state index is 13.4. The highest BCUT2D eigenvalue weighted by Crippen LogP contribution is 2.37. The summed E-state index contributed by atoms with van der Waals surface area (Å²) in [6, 6.07) is 23.7. The highest BCUT2D eigenvalue weighted by Gasteiger charge is 2.36. The van der Waals surface area contributed by atoms with Crippen LogP contribution >= 0.6 is 0 Å². The molecule has 0 radical (unpaired) electrons. The Kier molecular flexibility index (Phi) is 6.98. The minimum absolute atomic E-state index is 0.0270. The van der Waals surface area contributed by atoms with Gasteiger partial charge in [0.05, 0.1) is 4.90 Å². The van der Waals surface area contributed by atoms with E-state index in [2.05, 4.69) is 0 Å². The van der Waals surface area contributed by atoms with Crippen molar-refractivity contribution in [2.75, 3.05) is 13.1 Å². The van der Waals surface area contributed by atoms with E-state index in [1.807, 2.05) is 66.4 Å². The van der Waals surface area contributed by atoms with Gasteiger partial charge in [0.2, 0.25) is 5.91 Å². The van der Waals surface area contributed by atoms with E-state index < -0.39 is 15.9 Å². The van der Waals surface area contributed by atoms with Crippen LogP contribution in [-0.2, 0) is 21.2 Å². The Hall–Kier alpha value is -3.71. The zero-order chi connectivity index (χ0) is 26.0. The number of hydrogen-bond acceptors (Lipinski definition) is 4. The molecule has 2 heterocycles. The molecular formula is C30H30N2O4S. The summed E-state index contributed by atoms with van der Waals surface area (Å²) in [7, 11) is -4.03. The molecule has 0 aliphatic carbocycles. The van der Waals surface area contributed by atoms with Gasteiger partial charge >= 0.3 is 0 Å². The summed E-state index contributed by atoms with van der Waals surface area (Å²) >= 11 is 0. The molecule has 0 spiro atoms. The van der Waals surface area contributed by atoms with Gasteiger partial charge in [0, 0.05) is 37.2 Å². The van der Waals surface area contributed by atoms with E-state index >= 15 is 0 Å². The van der Waals surface area contributed by atoms with Crippen LogP contribution in [0.2, 0.25) is 0 Å². The van der Waals surface area contributed by atoms with Crippen molar-refractivity contribution in [3.8, 4) is 0 Å². The van der Waals surface area contributed by atoms with Crippen LogP contribution in [0.15, 0.2) is 95.5 Å². The van der Waals surface area contributed by atoms with E-state index in [-0.39, 0.29) is 23.1 Å². The Morgan fingerprint density at radius 3 is 2.19 bits per heavy atom. The highest BCUT2D eigenvalue weighted by atomic mass is 32.2. The first kappa shape index (κ1) is 25.0. The van der Waals surface area contributed by atoms with Gasteiger partial charge in [-0.3, -0.25) is 9.59 Å². The molecule has 7 heteroatoms. The molecule has 3 aromatic rings. The molecule has 0 bridgehead atoms. The molecule has 1 atom stereocenters. The maximum absolute atomic E-state index is 13.4. The standard InChI is InChI=1S/C30H30N2O4S/c1-22-9-15-27(16-10-22)37(35,36)32-21-26(19-23-7-3-2-4-8-23)28(20-29(32)33)24-11-13-25(14-12-24)30(34)31-17-5-6-18-31/h2-4,7-16,21,28H,5-6,17-20H2,1H3/t28-/m1/s1. The highest BCUT2D eigenvalue weighted by molar-refractivity contribution is 7.89. The zero-order valence-corrected chi connectivity index (χ0v) is 21.7. The van der Waals surface area contributed by atoms with Crippen LogP contribution in [-0.4, -0.2) is 42.5 Å². The second kappa shape index (κ2) is 10.3. The lowest BCUT2D eigenvalue weighted by atomic mass is 9.83. The summed E-state index contributed by atoms with van der Waals surface area (Å²) in [5.41, 5.74) is 4.32. The van der Waals surface area contributed by atoms with Crippen molar-refractivity contribution in [2.24, 2.45) is 0 Å². The minimum atomic E-state index is -4.03. The van der Waals surface area contributed by atoms with Crippen molar-refractivity contribution < 1.29 is 18.0 Å². The van der Waals surface area contributed by atoms with Gasteiger partial charge < -0.3 is 4.90 Å². The number of amides is 2. The topological polar surface area (TPSA) is 74.8 Å². The van der Waals surface area contributed by atoms with Gasteiger partial charge in [0.15, 0.2) is 0 Å². The van der Waals surface area contributed by atoms with Gasteiger partial charge in [-0.2, -0.15) is 0 Å². The Morgan fingerprint density at radius 1 is 0.892 bits per heavy atom. The fraction of sp³-hybridized carbons (Fsp3) is 0.267. The molecule has 2 aliphatic heterocycles. The smallest absolute Gasteiger partial charge is 0.270 e. The summed E-state index contributed by atoms with van der Waals surface area (Å²) in [4.78, 5) is 28.0. The van der Waals surface area contributed by atoms with Crippen LogP contribution < -0.4 is 0 Å². The molecule has 5 rings (SSSR count). The predicted octanol–water partition coefficient (Wildman–Crippen LogP) is 5.06. The third-order valence-corrected chi connectivity index (χ3v) is 8.83. The zero-order valence-electron chi connectivity index (χ0n) is 20.8. The minimum Gasteiger partial charge on any atom is -0.339 e. The fourth-order valence-electron chi connectivity index (χ4n) is 5.03. The molecule has 1 saturated heterocycles. The summed E-state index contributed by atoms with van der Waals surface area (Å²) in [5, 5.41) is 0. The van der Waals surface area contributed by atoms with Crippen LogP contribution in [0.3, 0.4) is 0 Å². The number of carbonyl (C=O) groups is 2. The fourth-order valence-corrected chi connectivity index (χ4v) is 6.35. The molecule has 6 nitrogen and oxygen atoms in total. The number of carbonyl (C=O) groups excluding carboxylic acids is 2. The average Bonchev–Trinajstić information content (AvgIpc) is 3.45. The number of allylic oxidation sites excluding steroid dienone is 1. The molecule has 0 saturated carbocycles. The number of benzene rings is 3. The molecular weight excluding hydrogens is 484 g/mol. The number of aryl methyl sites for hydroxylation is 1. The summed E-state index contributed by atoms with van der Waals surface area (Å²) < 4.78 is 27.7. The van der Waals surface area contributed by atoms with Crippen molar-refractivity contribution in [1.29, 1.82) is 0 Å². The molecule has 2 amide bonds. The lowest BCUT2D eigenvalue weighted by molar-refractivity contribution is -0.125. The van der Waals surface area contributed by atoms with E-state index in [4.69, 9.17) is 0 Å². The first-order chi connectivity index (χ1) is 17.8. The van der Waals surface area contributed by atoms with Crippen LogP contribution in [0.5, 0.6) is 0 Å². The number of likely N-dealkylation sites (tertiary alicyclic amines) is 1. The van der Waals surface area contributed by atoms with E-state index in [0.717, 1.165) is 52.5 Å². The Morgan fingerprint density at radius 2 is 1.54 bits per heavy atom. The normalized spacial score (nSPS) is 18.1. The summed E-state index contributed by atoms with van der Waals surface area (Å²) in [6.45, 7) is 3.45. The molecule has 3 aromatic carbocycles. The number of nitrogens with zero attached hydrogens (tertiary/aromatic N) is 2. The largest absolute Gasteiger partial charge is 0.339 e. The average molecular weight is 515 g/mol. The molecule has 190 valence electrons. The Balaban J connectivity index is 1.49. The first-order valence-corrected chi connectivity index (χ1v) is 14.0. The van der Waals surface area contributed by atoms with Crippen molar-refractivity contribution in [3.05, 3.63) is 113 Å². The van der Waals surface area contributed by atoms with Crippen molar-refractivity contribution in [3.63, 3.8) is 0 Å². The van der Waals surface area contributed by atoms with Crippen molar-refractivity contribution >= 4 is 21.8 Å². The maximum Gasteiger partial charge on any atom is 0.270 e. The lowest BCUT2D eigenvalue weighted by Gasteiger charge is -2.31. The summed E-state index contributed by atoms with van der Waals surface area (Å²) in [5.74, 6) is -0.730. The van der Waals surface area contributed by atoms with Crippen molar-refractivity contribution in [1.82, 2.24) is 9.21 Å². The van der Waals surface area contributed by atoms with Crippen LogP contribution in [0.1, 0.15) is 52.2 Å². The Bertz CT molecular complexity index is 1420. The van der Waals surface area contributed by atoms with Crippen molar-refractivity contribution in [2.45, 2.75) is 43.4 Å². The lowest BCUT2D eigenvalue weighted by Crippen LogP contribution is -2.37. The van der Waals surface area contributed by atoms with E-state index in [0.29, 0.717) is 12.0 Å². The predicted molar refractivity (Wildman–Crippen MR) is 142 cm³/mol. The van der Waals surface area contributed by atoms with Gasteiger partial charge in [0.25, 0.3) is 15.9 Å². The molecule has 37 heavy (non-hydrogen) atoms. The van der Waals surface area contributed by atoms with Gasteiger partial charge in [-0.25, -0.2) is 12.7 Å². The van der Waals surface area contributed by atoms with E-state index in [9.17, 15) is 18.0 Å². The molecule has 0 aromatic heterocycles. The second-order valence-corrected chi connectivity index (χ2v) is 11.6. The third kappa shape index (κ3) is 5.23. The summed E-state index contributed by atoms with van der Waals surface area (Å²) in [6.07, 6.45) is 4.10. The molecule has 0 N–H and O–H groups in total. The third-order valence-electron chi connectivity index (χ3n) is 7.14. The van der Waals surface area contributed by atoms with Gasteiger partial charge in [-0.15, -0.1) is 0 Å². The molecule has 2 aliphatic rings. The quantitative estimate of drug-likeness (QED) is 0.461. The number of sulfonamides is 1. The van der Waals surface area contributed by atoms with Gasteiger partial charge in [0.1, 0.15) is 0 Å². The second-order valence-electron chi connectivity index (χ2n) is 9.75. The van der Waals surface area contributed by atoms with Gasteiger partial charge in [-0.1, -0.05) is 60.2 Å². The van der Waals surface area contributed by atoms with E-state index in [1.54, 1.807) is 12.1 Å². The monoisotopic (exact) mass is 514 g/mol. The molecule has 0 unspecified atom stereocenters. The molecule has 1 fully saturated rings. The number of rotatable bonds is 6. The van der Waals surface area contributed by atoms with E-state index in [1.165, 1.54) is 18.3 Å².